The number of amides is 2. The minimum atomic E-state index is -0.0416. The molecular weight excluding hydrogens is 410 g/mol. The molecule has 4 rings (SSSR count). The molecule has 166 valence electrons. The number of thiophene rings is 1. The van der Waals surface area contributed by atoms with Crippen LogP contribution in [0.1, 0.15) is 29.7 Å². The Morgan fingerprint density at radius 1 is 0.968 bits per heavy atom. The van der Waals surface area contributed by atoms with Crippen molar-refractivity contribution in [3.63, 3.8) is 0 Å². The van der Waals surface area contributed by atoms with E-state index in [0.717, 1.165) is 44.6 Å². The summed E-state index contributed by atoms with van der Waals surface area (Å²) in [4.78, 5) is 32.2. The molecule has 0 aliphatic carbocycles. The topological polar surface area (TPSA) is 53.1 Å². The third-order valence-electron chi connectivity index (χ3n) is 5.91. The third-order valence-corrected chi connectivity index (χ3v) is 6.77. The van der Waals surface area contributed by atoms with Gasteiger partial charge in [-0.3, -0.25) is 14.5 Å². The molecular formula is C24H31N3O3S. The van der Waals surface area contributed by atoms with E-state index in [2.05, 4.69) is 34.5 Å². The molecule has 2 amide bonds. The van der Waals surface area contributed by atoms with Crippen LogP contribution in [-0.4, -0.2) is 71.9 Å². The van der Waals surface area contributed by atoms with E-state index in [1.54, 1.807) is 11.3 Å². The summed E-state index contributed by atoms with van der Waals surface area (Å²) in [5.74, 6) is 0.392. The van der Waals surface area contributed by atoms with Crippen LogP contribution in [0.3, 0.4) is 0 Å². The molecule has 2 aliphatic rings. The fourth-order valence-electron chi connectivity index (χ4n) is 4.30. The van der Waals surface area contributed by atoms with Crippen molar-refractivity contribution in [3.05, 3.63) is 58.3 Å². The zero-order valence-electron chi connectivity index (χ0n) is 17.9. The first-order valence-corrected chi connectivity index (χ1v) is 12.0. The molecule has 0 N–H and O–H groups in total. The minimum absolute atomic E-state index is 0.0416. The predicted octanol–water partition coefficient (Wildman–Crippen LogP) is 2.99. The summed E-state index contributed by atoms with van der Waals surface area (Å²) < 4.78 is 6.28. The summed E-state index contributed by atoms with van der Waals surface area (Å²) in [5.41, 5.74) is 1.14. The second kappa shape index (κ2) is 10.9. The number of carbonyl (C=O) groups excluding carboxylic acids is 2. The van der Waals surface area contributed by atoms with Gasteiger partial charge in [0, 0.05) is 50.6 Å². The Hall–Kier alpha value is -2.22. The number of nitrogens with zero attached hydrogens (tertiary/aromatic N) is 3. The monoisotopic (exact) mass is 441 g/mol. The average Bonchev–Trinajstić information content (AvgIpc) is 3.40. The van der Waals surface area contributed by atoms with Crippen molar-refractivity contribution in [1.82, 2.24) is 14.7 Å². The maximum atomic E-state index is 13.0. The van der Waals surface area contributed by atoms with Crippen LogP contribution in [-0.2, 0) is 27.5 Å². The van der Waals surface area contributed by atoms with Gasteiger partial charge in [0.15, 0.2) is 0 Å². The van der Waals surface area contributed by atoms with Crippen molar-refractivity contribution < 1.29 is 14.3 Å². The van der Waals surface area contributed by atoms with Gasteiger partial charge >= 0.3 is 0 Å². The standard InChI is InChI=1S/C24H31N3O3S/c28-23-10-4-11-26(23)12-6-13-27-16-21(30-19-20-7-2-1-3-8-20)15-25(18-24(27)29)17-22-9-5-14-31-22/h1-3,5,7-9,14,21H,4,6,10-13,15-19H2. The van der Waals surface area contributed by atoms with E-state index in [4.69, 9.17) is 4.74 Å². The molecule has 2 fully saturated rings. The Bertz CT molecular complexity index is 843. The number of rotatable bonds is 9. The van der Waals surface area contributed by atoms with Crippen LogP contribution in [0.25, 0.3) is 0 Å². The van der Waals surface area contributed by atoms with Gasteiger partial charge in [0.2, 0.25) is 11.8 Å². The summed E-state index contributed by atoms with van der Waals surface area (Å²) in [5, 5.41) is 2.07. The highest BCUT2D eigenvalue weighted by atomic mass is 32.1. The number of hydrogen-bond donors (Lipinski definition) is 0. The molecule has 0 radical (unpaired) electrons. The zero-order chi connectivity index (χ0) is 21.5. The Balaban J connectivity index is 1.37. The van der Waals surface area contributed by atoms with E-state index in [9.17, 15) is 9.59 Å². The Morgan fingerprint density at radius 3 is 2.55 bits per heavy atom. The SMILES string of the molecule is O=C1CCCN1CCCN1CC(OCc2ccccc2)CN(Cc2cccs2)CC1=O. The number of benzene rings is 1. The lowest BCUT2D eigenvalue weighted by atomic mass is 10.2. The smallest absolute Gasteiger partial charge is 0.236 e. The van der Waals surface area contributed by atoms with E-state index < -0.39 is 0 Å². The van der Waals surface area contributed by atoms with Gasteiger partial charge in [-0.05, 0) is 29.9 Å². The second-order valence-electron chi connectivity index (χ2n) is 8.35. The zero-order valence-corrected chi connectivity index (χ0v) is 18.8. The molecule has 1 atom stereocenters. The predicted molar refractivity (Wildman–Crippen MR) is 122 cm³/mol. The fraction of sp³-hybridized carbons (Fsp3) is 0.500. The molecule has 2 saturated heterocycles. The molecule has 1 aromatic heterocycles. The largest absolute Gasteiger partial charge is 0.370 e. The summed E-state index contributed by atoms with van der Waals surface area (Å²) in [6.45, 7) is 5.30. The highest BCUT2D eigenvalue weighted by Gasteiger charge is 2.29. The van der Waals surface area contributed by atoms with Crippen molar-refractivity contribution in [1.29, 1.82) is 0 Å². The maximum Gasteiger partial charge on any atom is 0.236 e. The van der Waals surface area contributed by atoms with Crippen LogP contribution in [0.2, 0.25) is 0 Å². The van der Waals surface area contributed by atoms with Gasteiger partial charge in [0.05, 0.1) is 19.3 Å². The van der Waals surface area contributed by atoms with Gasteiger partial charge in [-0.1, -0.05) is 36.4 Å². The van der Waals surface area contributed by atoms with Crippen molar-refractivity contribution >= 4 is 23.2 Å². The Morgan fingerprint density at radius 2 is 1.81 bits per heavy atom. The molecule has 2 aromatic rings. The summed E-state index contributed by atoms with van der Waals surface area (Å²) in [6, 6.07) is 14.3. The molecule has 6 nitrogen and oxygen atoms in total. The highest BCUT2D eigenvalue weighted by molar-refractivity contribution is 7.09. The number of carbonyl (C=O) groups is 2. The molecule has 1 unspecified atom stereocenters. The van der Waals surface area contributed by atoms with Crippen molar-refractivity contribution in [2.24, 2.45) is 0 Å². The molecule has 1 aromatic carbocycles. The lowest BCUT2D eigenvalue weighted by Gasteiger charge is -2.25. The number of hydrogen-bond acceptors (Lipinski definition) is 5. The van der Waals surface area contributed by atoms with Gasteiger partial charge in [-0.25, -0.2) is 0 Å². The van der Waals surface area contributed by atoms with E-state index in [1.165, 1.54) is 4.88 Å². The molecule has 2 aliphatic heterocycles. The normalized spacial score (nSPS) is 20.5. The van der Waals surface area contributed by atoms with Gasteiger partial charge in [-0.15, -0.1) is 11.3 Å². The molecule has 0 saturated carbocycles. The Kier molecular flexibility index (Phi) is 7.72. The lowest BCUT2D eigenvalue weighted by Crippen LogP contribution is -2.39. The highest BCUT2D eigenvalue weighted by Crippen LogP contribution is 2.17. The fourth-order valence-corrected chi connectivity index (χ4v) is 5.04. The first-order valence-electron chi connectivity index (χ1n) is 11.1. The number of ether oxygens (including phenoxy) is 1. The van der Waals surface area contributed by atoms with Crippen LogP contribution in [0.4, 0.5) is 0 Å². The molecule has 0 bridgehead atoms. The quantitative estimate of drug-likeness (QED) is 0.600. The van der Waals surface area contributed by atoms with E-state index in [0.29, 0.717) is 32.7 Å². The average molecular weight is 442 g/mol. The lowest BCUT2D eigenvalue weighted by molar-refractivity contribution is -0.132. The minimum Gasteiger partial charge on any atom is -0.370 e. The maximum absolute atomic E-state index is 13.0. The first kappa shape index (κ1) is 22.0. The second-order valence-corrected chi connectivity index (χ2v) is 9.38. The van der Waals surface area contributed by atoms with Crippen molar-refractivity contribution in [2.75, 3.05) is 39.3 Å². The van der Waals surface area contributed by atoms with Crippen LogP contribution in [0.5, 0.6) is 0 Å². The van der Waals surface area contributed by atoms with Gasteiger partial charge in [-0.2, -0.15) is 0 Å². The first-order chi connectivity index (χ1) is 15.2. The van der Waals surface area contributed by atoms with E-state index >= 15 is 0 Å². The van der Waals surface area contributed by atoms with E-state index in [1.807, 2.05) is 28.0 Å². The van der Waals surface area contributed by atoms with Crippen LogP contribution < -0.4 is 0 Å². The molecule has 7 heteroatoms. The summed E-state index contributed by atoms with van der Waals surface area (Å²) in [7, 11) is 0. The third kappa shape index (κ3) is 6.38. The molecule has 3 heterocycles. The van der Waals surface area contributed by atoms with Crippen molar-refractivity contribution in [2.45, 2.75) is 38.5 Å². The number of likely N-dealkylation sites (tertiary alicyclic amines) is 1. The van der Waals surface area contributed by atoms with Crippen LogP contribution >= 0.6 is 11.3 Å². The molecule has 31 heavy (non-hydrogen) atoms. The summed E-state index contributed by atoms with van der Waals surface area (Å²) in [6.07, 6.45) is 2.39. The Labute approximate surface area is 188 Å². The molecule has 0 spiro atoms. The van der Waals surface area contributed by atoms with Gasteiger partial charge in [0.1, 0.15) is 0 Å². The summed E-state index contributed by atoms with van der Waals surface area (Å²) >= 11 is 1.72. The van der Waals surface area contributed by atoms with Gasteiger partial charge in [0.25, 0.3) is 0 Å². The van der Waals surface area contributed by atoms with Crippen LogP contribution in [0.15, 0.2) is 47.8 Å². The van der Waals surface area contributed by atoms with Gasteiger partial charge < -0.3 is 14.5 Å². The van der Waals surface area contributed by atoms with Crippen molar-refractivity contribution in [3.8, 4) is 0 Å². The van der Waals surface area contributed by atoms with E-state index in [-0.39, 0.29) is 17.9 Å². The van der Waals surface area contributed by atoms with Crippen LogP contribution in [0, 0.1) is 0 Å².